The molecule has 0 radical (unpaired) electrons. The molecule has 2 aromatic rings. The van der Waals surface area contributed by atoms with Gasteiger partial charge in [0.15, 0.2) is 0 Å². The van der Waals surface area contributed by atoms with Crippen molar-refractivity contribution < 1.29 is 14.3 Å². The van der Waals surface area contributed by atoms with Crippen molar-refractivity contribution in [3.8, 4) is 11.1 Å². The summed E-state index contributed by atoms with van der Waals surface area (Å²) in [6, 6.07) is 7.33. The van der Waals surface area contributed by atoms with E-state index >= 15 is 0 Å². The average molecular weight is 373 g/mol. The van der Waals surface area contributed by atoms with Gasteiger partial charge in [0.1, 0.15) is 12.4 Å². The van der Waals surface area contributed by atoms with Crippen LogP contribution in [0.4, 0.5) is 4.39 Å². The Labute approximate surface area is 157 Å². The van der Waals surface area contributed by atoms with E-state index in [-0.39, 0.29) is 30.2 Å². The van der Waals surface area contributed by atoms with Gasteiger partial charge in [-0.3, -0.25) is 9.59 Å². The summed E-state index contributed by atoms with van der Waals surface area (Å²) < 4.78 is 14.7. The standard InChI is InChI=1S/C20H24FN3O3/c1-12(2)19-16(13-5-4-6-14(21)7-13)8-18(26)24(23-19)11-17(25)22-15-9-20(3,27)10-15/h4-8,12,15,27H,9-11H2,1-3H3,(H,22,25)/t15-,20+. The van der Waals surface area contributed by atoms with E-state index in [1.165, 1.54) is 18.2 Å². The lowest BCUT2D eigenvalue weighted by molar-refractivity contribution is -0.125. The first-order chi connectivity index (χ1) is 12.6. The van der Waals surface area contributed by atoms with Crippen LogP contribution in [0.2, 0.25) is 0 Å². The van der Waals surface area contributed by atoms with Crippen LogP contribution in [-0.4, -0.2) is 32.4 Å². The van der Waals surface area contributed by atoms with Crippen molar-refractivity contribution >= 4 is 5.91 Å². The van der Waals surface area contributed by atoms with Gasteiger partial charge in [-0.15, -0.1) is 0 Å². The number of aliphatic hydroxyl groups is 1. The second kappa shape index (κ2) is 7.23. The third-order valence-corrected chi connectivity index (χ3v) is 4.74. The number of nitrogens with zero attached hydrogens (tertiary/aromatic N) is 2. The van der Waals surface area contributed by atoms with Crippen LogP contribution in [0.3, 0.4) is 0 Å². The number of rotatable bonds is 5. The van der Waals surface area contributed by atoms with Crippen LogP contribution in [0, 0.1) is 5.82 Å². The first-order valence-electron chi connectivity index (χ1n) is 9.04. The zero-order valence-electron chi connectivity index (χ0n) is 15.7. The minimum atomic E-state index is -0.732. The Balaban J connectivity index is 1.84. The van der Waals surface area contributed by atoms with Crippen LogP contribution in [0.1, 0.15) is 45.2 Å². The van der Waals surface area contributed by atoms with E-state index in [1.807, 2.05) is 13.8 Å². The summed E-state index contributed by atoms with van der Waals surface area (Å²) >= 11 is 0. The predicted molar refractivity (Wildman–Crippen MR) is 99.8 cm³/mol. The lowest BCUT2D eigenvalue weighted by Gasteiger charge is -2.41. The van der Waals surface area contributed by atoms with Crippen molar-refractivity contribution in [2.75, 3.05) is 0 Å². The number of carbonyl (C=O) groups is 1. The van der Waals surface area contributed by atoms with Gasteiger partial charge >= 0.3 is 0 Å². The first-order valence-corrected chi connectivity index (χ1v) is 9.04. The fraction of sp³-hybridized carbons (Fsp3) is 0.450. The molecule has 0 unspecified atom stereocenters. The van der Waals surface area contributed by atoms with Gasteiger partial charge < -0.3 is 10.4 Å². The summed E-state index contributed by atoms with van der Waals surface area (Å²) in [5, 5.41) is 16.9. The van der Waals surface area contributed by atoms with E-state index in [4.69, 9.17) is 0 Å². The molecule has 0 atom stereocenters. The van der Waals surface area contributed by atoms with Crippen LogP contribution in [0.25, 0.3) is 11.1 Å². The molecular formula is C20H24FN3O3. The SMILES string of the molecule is CC(C)c1nn(CC(=O)N[C@H]2C[C@@](C)(O)C2)c(=O)cc1-c1cccc(F)c1. The number of hydrogen-bond donors (Lipinski definition) is 2. The van der Waals surface area contributed by atoms with Crippen molar-refractivity contribution in [2.45, 2.75) is 57.7 Å². The molecular weight excluding hydrogens is 349 g/mol. The fourth-order valence-electron chi connectivity index (χ4n) is 3.45. The van der Waals surface area contributed by atoms with Crippen molar-refractivity contribution in [1.29, 1.82) is 0 Å². The summed E-state index contributed by atoms with van der Waals surface area (Å²) in [4.78, 5) is 24.7. The molecule has 1 aliphatic carbocycles. The minimum absolute atomic E-state index is 0.0140. The molecule has 1 saturated carbocycles. The third-order valence-electron chi connectivity index (χ3n) is 4.74. The van der Waals surface area contributed by atoms with Crippen LogP contribution in [0.15, 0.2) is 35.1 Å². The highest BCUT2D eigenvalue weighted by atomic mass is 19.1. The number of carbonyl (C=O) groups excluding carboxylic acids is 1. The maximum Gasteiger partial charge on any atom is 0.267 e. The minimum Gasteiger partial charge on any atom is -0.390 e. The van der Waals surface area contributed by atoms with Gasteiger partial charge in [0.05, 0.1) is 11.3 Å². The molecule has 1 aromatic heterocycles. The predicted octanol–water partition coefficient (Wildman–Crippen LogP) is 2.20. The normalized spacial score (nSPS) is 21.8. The van der Waals surface area contributed by atoms with E-state index in [0.29, 0.717) is 29.7 Å². The Kier molecular flexibility index (Phi) is 5.15. The van der Waals surface area contributed by atoms with Crippen LogP contribution in [-0.2, 0) is 11.3 Å². The zero-order valence-corrected chi connectivity index (χ0v) is 15.7. The Hall–Kier alpha value is -2.54. The Bertz CT molecular complexity index is 913. The molecule has 144 valence electrons. The maximum absolute atomic E-state index is 13.6. The molecule has 3 rings (SSSR count). The van der Waals surface area contributed by atoms with Gasteiger partial charge in [0.2, 0.25) is 5.91 Å². The molecule has 27 heavy (non-hydrogen) atoms. The summed E-state index contributed by atoms with van der Waals surface area (Å²) in [7, 11) is 0. The summed E-state index contributed by atoms with van der Waals surface area (Å²) in [6.07, 6.45) is 0.994. The number of benzene rings is 1. The Morgan fingerprint density at radius 3 is 2.70 bits per heavy atom. The van der Waals surface area contributed by atoms with Gasteiger partial charge in [-0.2, -0.15) is 5.10 Å². The van der Waals surface area contributed by atoms with Crippen LogP contribution in [0.5, 0.6) is 0 Å². The van der Waals surface area contributed by atoms with E-state index in [9.17, 15) is 19.1 Å². The molecule has 6 nitrogen and oxygen atoms in total. The molecule has 0 bridgehead atoms. The van der Waals surface area contributed by atoms with E-state index in [0.717, 1.165) is 4.68 Å². The van der Waals surface area contributed by atoms with Crippen molar-refractivity contribution in [1.82, 2.24) is 15.1 Å². The first kappa shape index (κ1) is 19.2. The van der Waals surface area contributed by atoms with Gasteiger partial charge in [-0.1, -0.05) is 26.0 Å². The molecule has 1 fully saturated rings. The monoisotopic (exact) mass is 373 g/mol. The van der Waals surface area contributed by atoms with Gasteiger partial charge in [0, 0.05) is 17.7 Å². The average Bonchev–Trinajstić information content (AvgIpc) is 2.54. The zero-order chi connectivity index (χ0) is 19.8. The quantitative estimate of drug-likeness (QED) is 0.842. The summed E-state index contributed by atoms with van der Waals surface area (Å²) in [5.41, 5.74) is 0.622. The molecule has 0 aliphatic heterocycles. The summed E-state index contributed by atoms with van der Waals surface area (Å²) in [5.74, 6) is -0.722. The largest absolute Gasteiger partial charge is 0.390 e. The maximum atomic E-state index is 13.6. The molecule has 2 N–H and O–H groups in total. The second-order valence-electron chi connectivity index (χ2n) is 7.77. The van der Waals surface area contributed by atoms with E-state index in [1.54, 1.807) is 19.1 Å². The van der Waals surface area contributed by atoms with E-state index in [2.05, 4.69) is 10.4 Å². The smallest absolute Gasteiger partial charge is 0.267 e. The molecule has 1 aromatic carbocycles. The molecule has 0 saturated heterocycles. The Morgan fingerprint density at radius 1 is 1.41 bits per heavy atom. The molecule has 7 heteroatoms. The number of aromatic nitrogens is 2. The number of halogens is 1. The highest BCUT2D eigenvalue weighted by Crippen LogP contribution is 2.31. The topological polar surface area (TPSA) is 84.2 Å². The highest BCUT2D eigenvalue weighted by molar-refractivity contribution is 5.76. The Morgan fingerprint density at radius 2 is 2.11 bits per heavy atom. The van der Waals surface area contributed by atoms with Crippen molar-refractivity contribution in [2.24, 2.45) is 0 Å². The second-order valence-corrected chi connectivity index (χ2v) is 7.77. The number of amides is 1. The fourth-order valence-corrected chi connectivity index (χ4v) is 3.45. The molecule has 1 amide bonds. The number of nitrogens with one attached hydrogen (secondary N) is 1. The highest BCUT2D eigenvalue weighted by Gasteiger charge is 2.39. The van der Waals surface area contributed by atoms with Crippen molar-refractivity contribution in [3.05, 3.63) is 52.2 Å². The summed E-state index contributed by atoms with van der Waals surface area (Å²) in [6.45, 7) is 5.38. The van der Waals surface area contributed by atoms with Crippen molar-refractivity contribution in [3.63, 3.8) is 0 Å². The third kappa shape index (κ3) is 4.42. The lowest BCUT2D eigenvalue weighted by Crippen LogP contribution is -2.54. The van der Waals surface area contributed by atoms with Crippen LogP contribution < -0.4 is 10.9 Å². The van der Waals surface area contributed by atoms with Gasteiger partial charge in [-0.05, 0) is 43.4 Å². The molecule has 1 heterocycles. The van der Waals surface area contributed by atoms with Gasteiger partial charge in [-0.25, -0.2) is 9.07 Å². The van der Waals surface area contributed by atoms with Crippen LogP contribution >= 0.6 is 0 Å². The van der Waals surface area contributed by atoms with E-state index < -0.39 is 11.2 Å². The lowest BCUT2D eigenvalue weighted by atomic mass is 9.77. The number of hydrogen-bond acceptors (Lipinski definition) is 4. The molecule has 0 spiro atoms. The van der Waals surface area contributed by atoms with Gasteiger partial charge in [0.25, 0.3) is 5.56 Å². The molecule has 1 aliphatic rings.